The van der Waals surface area contributed by atoms with Gasteiger partial charge in [0.05, 0.1) is 5.75 Å². The number of carbonyl (C=O) groups is 2. The fourth-order valence-corrected chi connectivity index (χ4v) is 4.13. The minimum atomic E-state index is -0.615. The number of amides is 2. The Hall–Kier alpha value is -1.69. The molecule has 2 rings (SSSR count). The maximum atomic E-state index is 13.1. The Bertz CT molecular complexity index is 848. The van der Waals surface area contributed by atoms with Crippen molar-refractivity contribution in [3.63, 3.8) is 0 Å². The highest BCUT2D eigenvalue weighted by Gasteiger charge is 2.27. The molecular formula is C23H28Cl2N2O2S. The Kier molecular flexibility index (Phi) is 10.0. The van der Waals surface area contributed by atoms with Crippen LogP contribution in [0.5, 0.6) is 0 Å². The second-order valence-corrected chi connectivity index (χ2v) is 9.06. The average Bonchev–Trinajstić information content (AvgIpc) is 2.73. The largest absolute Gasteiger partial charge is 0.352 e. The van der Waals surface area contributed by atoms with Crippen LogP contribution < -0.4 is 5.32 Å². The number of benzene rings is 2. The zero-order chi connectivity index (χ0) is 22.1. The van der Waals surface area contributed by atoms with Gasteiger partial charge in [0.2, 0.25) is 11.8 Å². The zero-order valence-electron chi connectivity index (χ0n) is 17.5. The SMILES string of the molecule is CCC(C)NC(=O)C(C)N(Cc1ccc(Cl)cc1Cl)C(=O)CSCc1ccccc1. The first-order valence-corrected chi connectivity index (χ1v) is 11.9. The van der Waals surface area contributed by atoms with Crippen molar-refractivity contribution < 1.29 is 9.59 Å². The molecule has 0 aliphatic heterocycles. The Morgan fingerprint density at radius 2 is 1.80 bits per heavy atom. The van der Waals surface area contributed by atoms with E-state index in [1.165, 1.54) is 11.8 Å². The molecule has 2 atom stereocenters. The molecule has 0 aromatic heterocycles. The molecule has 0 fully saturated rings. The highest BCUT2D eigenvalue weighted by atomic mass is 35.5. The van der Waals surface area contributed by atoms with Gasteiger partial charge in [0.15, 0.2) is 0 Å². The predicted octanol–water partition coefficient (Wildman–Crippen LogP) is 5.56. The highest BCUT2D eigenvalue weighted by molar-refractivity contribution is 7.99. The molecule has 0 spiro atoms. The van der Waals surface area contributed by atoms with Crippen molar-refractivity contribution in [3.8, 4) is 0 Å². The van der Waals surface area contributed by atoms with E-state index in [-0.39, 0.29) is 30.2 Å². The number of nitrogens with one attached hydrogen (secondary N) is 1. The Balaban J connectivity index is 2.12. The lowest BCUT2D eigenvalue weighted by atomic mass is 10.1. The van der Waals surface area contributed by atoms with E-state index >= 15 is 0 Å². The molecule has 4 nitrogen and oxygen atoms in total. The normalized spacial score (nSPS) is 12.8. The van der Waals surface area contributed by atoms with Gasteiger partial charge >= 0.3 is 0 Å². The number of hydrogen-bond donors (Lipinski definition) is 1. The first kappa shape index (κ1) is 24.6. The Labute approximate surface area is 193 Å². The first-order valence-electron chi connectivity index (χ1n) is 9.97. The molecule has 2 unspecified atom stereocenters. The Morgan fingerprint density at radius 3 is 2.43 bits per heavy atom. The lowest BCUT2D eigenvalue weighted by molar-refractivity contribution is -0.138. The van der Waals surface area contributed by atoms with Crippen LogP contribution in [0.1, 0.15) is 38.3 Å². The molecule has 0 radical (unpaired) electrons. The number of nitrogens with zero attached hydrogens (tertiary/aromatic N) is 1. The summed E-state index contributed by atoms with van der Waals surface area (Å²) in [6, 6.07) is 14.6. The van der Waals surface area contributed by atoms with Gasteiger partial charge in [-0.25, -0.2) is 0 Å². The smallest absolute Gasteiger partial charge is 0.242 e. The van der Waals surface area contributed by atoms with Gasteiger partial charge in [-0.05, 0) is 43.5 Å². The molecule has 2 aromatic carbocycles. The molecule has 162 valence electrons. The standard InChI is InChI=1S/C23H28Cl2N2O2S/c1-4-16(2)26-23(29)17(3)27(13-19-10-11-20(24)12-21(19)25)22(28)15-30-14-18-8-6-5-7-9-18/h5-12,16-17H,4,13-15H2,1-3H3,(H,26,29). The summed E-state index contributed by atoms with van der Waals surface area (Å²) in [4.78, 5) is 27.4. The van der Waals surface area contributed by atoms with E-state index in [0.717, 1.165) is 23.3 Å². The van der Waals surface area contributed by atoms with Crippen molar-refractivity contribution in [2.75, 3.05) is 5.75 Å². The van der Waals surface area contributed by atoms with Crippen LogP contribution in [0.2, 0.25) is 10.0 Å². The third kappa shape index (κ3) is 7.53. The van der Waals surface area contributed by atoms with Gasteiger partial charge < -0.3 is 10.2 Å². The lowest BCUT2D eigenvalue weighted by Crippen LogP contribution is -2.50. The molecule has 0 aliphatic carbocycles. The van der Waals surface area contributed by atoms with Crippen molar-refractivity contribution in [2.45, 2.75) is 51.6 Å². The van der Waals surface area contributed by atoms with E-state index in [1.54, 1.807) is 30.0 Å². The van der Waals surface area contributed by atoms with Crippen LogP contribution in [0.3, 0.4) is 0 Å². The van der Waals surface area contributed by atoms with Gasteiger partial charge in [-0.15, -0.1) is 11.8 Å². The van der Waals surface area contributed by atoms with Crippen LogP contribution in [0.15, 0.2) is 48.5 Å². The topological polar surface area (TPSA) is 49.4 Å². The highest BCUT2D eigenvalue weighted by Crippen LogP contribution is 2.24. The molecule has 0 aliphatic rings. The van der Waals surface area contributed by atoms with Gasteiger partial charge in [0.25, 0.3) is 0 Å². The van der Waals surface area contributed by atoms with Crippen molar-refractivity contribution in [2.24, 2.45) is 0 Å². The zero-order valence-corrected chi connectivity index (χ0v) is 19.9. The maximum absolute atomic E-state index is 13.1. The molecular weight excluding hydrogens is 439 g/mol. The summed E-state index contributed by atoms with van der Waals surface area (Å²) < 4.78 is 0. The van der Waals surface area contributed by atoms with E-state index in [9.17, 15) is 9.59 Å². The molecule has 30 heavy (non-hydrogen) atoms. The van der Waals surface area contributed by atoms with E-state index < -0.39 is 6.04 Å². The second kappa shape index (κ2) is 12.2. The van der Waals surface area contributed by atoms with Crippen molar-refractivity contribution in [3.05, 3.63) is 69.7 Å². The molecule has 2 amide bonds. The Morgan fingerprint density at radius 1 is 1.10 bits per heavy atom. The van der Waals surface area contributed by atoms with E-state index in [4.69, 9.17) is 23.2 Å². The van der Waals surface area contributed by atoms with E-state index in [2.05, 4.69) is 5.32 Å². The molecule has 2 aromatic rings. The number of rotatable bonds is 10. The van der Waals surface area contributed by atoms with Crippen LogP contribution in [0.25, 0.3) is 0 Å². The fourth-order valence-electron chi connectivity index (χ4n) is 2.79. The van der Waals surface area contributed by atoms with Gasteiger partial charge in [0, 0.05) is 28.4 Å². The average molecular weight is 467 g/mol. The summed E-state index contributed by atoms with van der Waals surface area (Å²) in [6.07, 6.45) is 0.822. The monoisotopic (exact) mass is 466 g/mol. The molecule has 7 heteroatoms. The minimum Gasteiger partial charge on any atom is -0.352 e. The molecule has 1 N–H and O–H groups in total. The number of hydrogen-bond acceptors (Lipinski definition) is 3. The van der Waals surface area contributed by atoms with Crippen molar-refractivity contribution in [1.29, 1.82) is 0 Å². The molecule has 0 saturated carbocycles. The molecule has 0 bridgehead atoms. The quantitative estimate of drug-likeness (QED) is 0.498. The summed E-state index contributed by atoms with van der Waals surface area (Å²) in [6.45, 7) is 5.95. The summed E-state index contributed by atoms with van der Waals surface area (Å²) in [5, 5.41) is 3.97. The number of halogens is 2. The van der Waals surface area contributed by atoms with Crippen LogP contribution in [0.4, 0.5) is 0 Å². The van der Waals surface area contributed by atoms with Crippen LogP contribution in [0, 0.1) is 0 Å². The summed E-state index contributed by atoms with van der Waals surface area (Å²) in [7, 11) is 0. The third-order valence-corrected chi connectivity index (χ3v) is 6.44. The predicted molar refractivity (Wildman–Crippen MR) is 127 cm³/mol. The van der Waals surface area contributed by atoms with Crippen molar-refractivity contribution >= 4 is 46.8 Å². The number of thioether (sulfide) groups is 1. The minimum absolute atomic E-state index is 0.0449. The lowest BCUT2D eigenvalue weighted by Gasteiger charge is -2.30. The van der Waals surface area contributed by atoms with E-state index in [1.807, 2.05) is 44.2 Å². The van der Waals surface area contributed by atoms with Gasteiger partial charge in [-0.1, -0.05) is 66.5 Å². The summed E-state index contributed by atoms with van der Waals surface area (Å²) in [5.74, 6) is 0.737. The van der Waals surface area contributed by atoms with Crippen molar-refractivity contribution in [1.82, 2.24) is 10.2 Å². The molecule has 0 heterocycles. The first-order chi connectivity index (χ1) is 14.3. The maximum Gasteiger partial charge on any atom is 0.242 e. The van der Waals surface area contributed by atoms with Gasteiger partial charge in [0.1, 0.15) is 6.04 Å². The summed E-state index contributed by atoms with van der Waals surface area (Å²) >= 11 is 13.9. The van der Waals surface area contributed by atoms with Gasteiger partial charge in [-0.3, -0.25) is 9.59 Å². The third-order valence-electron chi connectivity index (χ3n) is 4.86. The fraction of sp³-hybridized carbons (Fsp3) is 0.391. The van der Waals surface area contributed by atoms with Crippen LogP contribution in [-0.4, -0.2) is 34.6 Å². The number of carbonyl (C=O) groups excluding carboxylic acids is 2. The second-order valence-electron chi connectivity index (χ2n) is 7.23. The summed E-state index contributed by atoms with van der Waals surface area (Å²) in [5.41, 5.74) is 1.91. The van der Waals surface area contributed by atoms with Gasteiger partial charge in [-0.2, -0.15) is 0 Å². The van der Waals surface area contributed by atoms with E-state index in [0.29, 0.717) is 10.0 Å². The van der Waals surface area contributed by atoms with Crippen LogP contribution >= 0.6 is 35.0 Å². The molecule has 0 saturated heterocycles. The van der Waals surface area contributed by atoms with Crippen LogP contribution in [-0.2, 0) is 21.9 Å².